The minimum atomic E-state index is 0.0885. The largest absolute Gasteiger partial charge is 0.344 e. The van der Waals surface area contributed by atoms with Crippen molar-refractivity contribution in [2.75, 3.05) is 6.54 Å². The fraction of sp³-hybridized carbons (Fsp3) is 0.350. The van der Waals surface area contributed by atoms with E-state index in [2.05, 4.69) is 41.8 Å². The maximum absolute atomic E-state index is 12.4. The second-order valence-electron chi connectivity index (χ2n) is 6.49. The summed E-state index contributed by atoms with van der Waals surface area (Å²) in [7, 11) is 0. The number of quaternary nitrogens is 1. The first-order valence-electron chi connectivity index (χ1n) is 8.59. The van der Waals surface area contributed by atoms with Gasteiger partial charge in [-0.05, 0) is 49.4 Å². The van der Waals surface area contributed by atoms with Crippen LogP contribution in [0.15, 0.2) is 48.5 Å². The Balaban J connectivity index is 1.55. The van der Waals surface area contributed by atoms with Crippen molar-refractivity contribution in [3.63, 3.8) is 0 Å². The van der Waals surface area contributed by atoms with E-state index < -0.39 is 0 Å². The number of halogens is 1. The molecule has 0 heterocycles. The Morgan fingerprint density at radius 3 is 2.96 bits per heavy atom. The molecule has 0 fully saturated rings. The lowest BCUT2D eigenvalue weighted by Gasteiger charge is -2.26. The van der Waals surface area contributed by atoms with E-state index in [1.165, 1.54) is 11.1 Å². The zero-order valence-corrected chi connectivity index (χ0v) is 14.7. The molecule has 3 N–H and O–H groups in total. The lowest BCUT2D eigenvalue weighted by Crippen LogP contribution is -2.87. The molecule has 24 heavy (non-hydrogen) atoms. The molecule has 0 aliphatic heterocycles. The summed E-state index contributed by atoms with van der Waals surface area (Å²) in [6, 6.07) is 16.6. The van der Waals surface area contributed by atoms with Crippen LogP contribution in [0.5, 0.6) is 0 Å². The Morgan fingerprint density at radius 1 is 1.29 bits per heavy atom. The monoisotopic (exact) mass is 343 g/mol. The SMILES string of the molecule is C[C@@H]([NH2+]CC(=O)N[C@H]1CCCc2ccccc21)c1cccc(Cl)c1. The fourth-order valence-electron chi connectivity index (χ4n) is 3.37. The van der Waals surface area contributed by atoms with Gasteiger partial charge in [0.2, 0.25) is 0 Å². The van der Waals surface area contributed by atoms with Crippen molar-refractivity contribution in [3.8, 4) is 0 Å². The van der Waals surface area contributed by atoms with Crippen LogP contribution in [-0.2, 0) is 11.2 Å². The van der Waals surface area contributed by atoms with Gasteiger partial charge in [0.25, 0.3) is 5.91 Å². The molecule has 1 aliphatic carbocycles. The third-order valence-corrected chi connectivity index (χ3v) is 4.97. The number of hydrogen-bond donors (Lipinski definition) is 2. The van der Waals surface area contributed by atoms with Gasteiger partial charge in [-0.1, -0.05) is 48.0 Å². The van der Waals surface area contributed by atoms with Gasteiger partial charge < -0.3 is 10.6 Å². The molecule has 1 amide bonds. The molecule has 2 aromatic rings. The first-order valence-corrected chi connectivity index (χ1v) is 8.97. The van der Waals surface area contributed by atoms with Gasteiger partial charge in [0.1, 0.15) is 6.04 Å². The number of carbonyl (C=O) groups is 1. The van der Waals surface area contributed by atoms with Crippen molar-refractivity contribution in [1.29, 1.82) is 0 Å². The maximum atomic E-state index is 12.4. The quantitative estimate of drug-likeness (QED) is 0.860. The van der Waals surface area contributed by atoms with Gasteiger partial charge in [-0.3, -0.25) is 4.79 Å². The van der Waals surface area contributed by atoms with Crippen LogP contribution in [0.4, 0.5) is 0 Å². The Hall–Kier alpha value is -1.84. The second-order valence-corrected chi connectivity index (χ2v) is 6.93. The fourth-order valence-corrected chi connectivity index (χ4v) is 3.57. The number of nitrogens with one attached hydrogen (secondary N) is 1. The molecule has 1 aliphatic rings. The molecule has 0 saturated heterocycles. The molecular formula is C20H24ClN2O+. The van der Waals surface area contributed by atoms with Gasteiger partial charge in [0.05, 0.1) is 6.04 Å². The van der Waals surface area contributed by atoms with Gasteiger partial charge in [0, 0.05) is 10.6 Å². The molecule has 0 saturated carbocycles. The summed E-state index contributed by atoms with van der Waals surface area (Å²) in [5.41, 5.74) is 3.78. The van der Waals surface area contributed by atoms with E-state index >= 15 is 0 Å². The predicted octanol–water partition coefficient (Wildman–Crippen LogP) is 3.16. The van der Waals surface area contributed by atoms with Crippen molar-refractivity contribution in [2.24, 2.45) is 0 Å². The number of carbonyl (C=O) groups excluding carboxylic acids is 1. The summed E-state index contributed by atoms with van der Waals surface area (Å²) < 4.78 is 0. The number of benzene rings is 2. The second kappa shape index (κ2) is 7.82. The zero-order valence-electron chi connectivity index (χ0n) is 14.0. The zero-order chi connectivity index (χ0) is 16.9. The van der Waals surface area contributed by atoms with Gasteiger partial charge in [-0.25, -0.2) is 0 Å². The molecular weight excluding hydrogens is 320 g/mol. The lowest BCUT2D eigenvalue weighted by molar-refractivity contribution is -0.682. The summed E-state index contributed by atoms with van der Waals surface area (Å²) >= 11 is 6.04. The summed E-state index contributed by atoms with van der Waals surface area (Å²) in [6.07, 6.45) is 3.26. The molecule has 0 spiro atoms. The van der Waals surface area contributed by atoms with Crippen LogP contribution in [0.1, 0.15) is 48.5 Å². The Labute approximate surface area is 148 Å². The number of hydrogen-bond acceptors (Lipinski definition) is 1. The van der Waals surface area contributed by atoms with E-state index in [-0.39, 0.29) is 18.0 Å². The first kappa shape index (κ1) is 17.0. The van der Waals surface area contributed by atoms with Crippen molar-refractivity contribution in [2.45, 2.75) is 38.3 Å². The van der Waals surface area contributed by atoms with E-state index in [9.17, 15) is 4.79 Å². The third-order valence-electron chi connectivity index (χ3n) is 4.74. The standard InChI is InChI=1S/C20H23ClN2O/c1-14(16-8-4-9-17(21)12-16)22-13-20(24)23-19-11-5-7-15-6-2-3-10-18(15)19/h2-4,6,8-10,12,14,19,22H,5,7,11,13H2,1H3,(H,23,24)/p+1/t14-,19+/m1/s1. The third kappa shape index (κ3) is 4.16. The Bertz CT molecular complexity index is 716. The van der Waals surface area contributed by atoms with Crippen LogP contribution >= 0.6 is 11.6 Å². The van der Waals surface area contributed by atoms with Gasteiger partial charge in [0.15, 0.2) is 6.54 Å². The molecule has 2 aromatic carbocycles. The molecule has 0 bridgehead atoms. The average molecular weight is 344 g/mol. The summed E-state index contributed by atoms with van der Waals surface area (Å²) in [6.45, 7) is 2.52. The molecule has 0 unspecified atom stereocenters. The summed E-state index contributed by atoms with van der Waals surface area (Å²) in [5.74, 6) is 0.0885. The van der Waals surface area contributed by atoms with E-state index in [4.69, 9.17) is 11.6 Å². The molecule has 126 valence electrons. The average Bonchev–Trinajstić information content (AvgIpc) is 2.60. The maximum Gasteiger partial charge on any atom is 0.275 e. The number of aryl methyl sites for hydroxylation is 1. The highest BCUT2D eigenvalue weighted by Gasteiger charge is 2.22. The van der Waals surface area contributed by atoms with E-state index in [0.29, 0.717) is 6.54 Å². The first-order chi connectivity index (χ1) is 11.6. The van der Waals surface area contributed by atoms with Crippen molar-refractivity contribution in [1.82, 2.24) is 5.32 Å². The number of amides is 1. The number of fused-ring (bicyclic) bond motifs is 1. The smallest absolute Gasteiger partial charge is 0.275 e. The predicted molar refractivity (Wildman–Crippen MR) is 96.9 cm³/mol. The van der Waals surface area contributed by atoms with Gasteiger partial charge in [-0.2, -0.15) is 0 Å². The molecule has 2 atom stereocenters. The van der Waals surface area contributed by atoms with Crippen LogP contribution in [0.2, 0.25) is 5.02 Å². The van der Waals surface area contributed by atoms with E-state index in [1.807, 2.05) is 24.3 Å². The molecule has 3 rings (SSSR count). The van der Waals surface area contributed by atoms with Crippen LogP contribution in [0.3, 0.4) is 0 Å². The Kier molecular flexibility index (Phi) is 5.54. The number of nitrogens with two attached hydrogens (primary N) is 1. The van der Waals surface area contributed by atoms with Crippen LogP contribution in [0, 0.1) is 0 Å². The summed E-state index contributed by atoms with van der Waals surface area (Å²) in [4.78, 5) is 12.4. The molecule has 0 aromatic heterocycles. The highest BCUT2D eigenvalue weighted by molar-refractivity contribution is 6.30. The van der Waals surface area contributed by atoms with E-state index in [1.54, 1.807) is 0 Å². The number of rotatable bonds is 5. The highest BCUT2D eigenvalue weighted by atomic mass is 35.5. The van der Waals surface area contributed by atoms with Gasteiger partial charge >= 0.3 is 0 Å². The molecule has 4 heteroatoms. The molecule has 3 nitrogen and oxygen atoms in total. The van der Waals surface area contributed by atoms with Crippen molar-refractivity contribution in [3.05, 3.63) is 70.2 Å². The minimum Gasteiger partial charge on any atom is -0.344 e. The van der Waals surface area contributed by atoms with E-state index in [0.717, 1.165) is 29.8 Å². The van der Waals surface area contributed by atoms with Crippen molar-refractivity contribution < 1.29 is 10.1 Å². The normalized spacial score (nSPS) is 17.8. The van der Waals surface area contributed by atoms with Gasteiger partial charge in [-0.15, -0.1) is 0 Å². The van der Waals surface area contributed by atoms with Crippen molar-refractivity contribution >= 4 is 17.5 Å². The van der Waals surface area contributed by atoms with Crippen LogP contribution in [-0.4, -0.2) is 12.5 Å². The minimum absolute atomic E-state index is 0.0885. The Morgan fingerprint density at radius 2 is 2.12 bits per heavy atom. The van der Waals surface area contributed by atoms with Crippen LogP contribution in [0.25, 0.3) is 0 Å². The topological polar surface area (TPSA) is 45.7 Å². The molecule has 0 radical (unpaired) electrons. The highest BCUT2D eigenvalue weighted by Crippen LogP contribution is 2.29. The van der Waals surface area contributed by atoms with Crippen LogP contribution < -0.4 is 10.6 Å². The summed E-state index contributed by atoms with van der Waals surface area (Å²) in [5, 5.41) is 5.98. The lowest BCUT2D eigenvalue weighted by atomic mass is 9.88.